The fraction of sp³-hybridized carbons (Fsp3) is 0.200. The molecule has 0 atom stereocenters. The third-order valence-electron chi connectivity index (χ3n) is 2.99. The highest BCUT2D eigenvalue weighted by Crippen LogP contribution is 2.34. The highest BCUT2D eigenvalue weighted by atomic mass is 79.9. The highest BCUT2D eigenvalue weighted by Gasteiger charge is 2.07. The molecule has 2 rings (SSSR count). The molecule has 0 saturated carbocycles. The van der Waals surface area contributed by atoms with Gasteiger partial charge in [0.25, 0.3) is 0 Å². The van der Waals surface area contributed by atoms with Crippen LogP contribution in [0.3, 0.4) is 0 Å². The molecule has 3 heteroatoms. The minimum absolute atomic E-state index is 0.550. The second kappa shape index (κ2) is 5.91. The molecule has 1 nitrogen and oxygen atoms in total. The van der Waals surface area contributed by atoms with Gasteiger partial charge in [0.15, 0.2) is 0 Å². The Bertz CT molecular complexity index is 566. The van der Waals surface area contributed by atoms with Gasteiger partial charge in [-0.05, 0) is 54.8 Å². The lowest BCUT2D eigenvalue weighted by molar-refractivity contribution is 1.02. The van der Waals surface area contributed by atoms with Crippen molar-refractivity contribution >= 4 is 27.7 Å². The summed E-state index contributed by atoms with van der Waals surface area (Å²) in [6, 6.07) is 12.7. The molecule has 0 radical (unpaired) electrons. The summed E-state index contributed by atoms with van der Waals surface area (Å²) in [6.07, 6.45) is 0. The average Bonchev–Trinajstić information content (AvgIpc) is 2.34. The van der Waals surface area contributed by atoms with Gasteiger partial charge in [-0.25, -0.2) is 0 Å². The van der Waals surface area contributed by atoms with Crippen LogP contribution in [-0.2, 0) is 6.54 Å². The maximum Gasteiger partial charge on any atom is 0.0231 e. The molecule has 0 aromatic heterocycles. The van der Waals surface area contributed by atoms with Crippen molar-refractivity contribution in [1.29, 1.82) is 0 Å². The van der Waals surface area contributed by atoms with Crippen LogP contribution >= 0.6 is 27.7 Å². The summed E-state index contributed by atoms with van der Waals surface area (Å²) in [5.41, 5.74) is 9.63. The van der Waals surface area contributed by atoms with Gasteiger partial charge < -0.3 is 5.73 Å². The van der Waals surface area contributed by atoms with Crippen molar-refractivity contribution < 1.29 is 0 Å². The normalized spacial score (nSPS) is 10.7. The van der Waals surface area contributed by atoms with Gasteiger partial charge in [0.2, 0.25) is 0 Å². The number of aryl methyl sites for hydroxylation is 2. The zero-order valence-corrected chi connectivity index (χ0v) is 12.9. The van der Waals surface area contributed by atoms with Crippen molar-refractivity contribution in [3.8, 4) is 0 Å². The number of hydrogen-bond acceptors (Lipinski definition) is 2. The van der Waals surface area contributed by atoms with Crippen molar-refractivity contribution in [2.45, 2.75) is 30.2 Å². The van der Waals surface area contributed by atoms with E-state index in [1.165, 1.54) is 26.5 Å². The summed E-state index contributed by atoms with van der Waals surface area (Å²) >= 11 is 5.32. The molecular formula is C15H16BrNS. The monoisotopic (exact) mass is 321 g/mol. The zero-order chi connectivity index (χ0) is 13.1. The second-order valence-electron chi connectivity index (χ2n) is 4.27. The molecule has 94 valence electrons. The molecule has 0 aliphatic rings. The molecule has 0 aliphatic carbocycles. The third-order valence-corrected chi connectivity index (χ3v) is 4.82. The maximum absolute atomic E-state index is 5.82. The summed E-state index contributed by atoms with van der Waals surface area (Å²) in [4.78, 5) is 2.47. The number of hydrogen-bond donors (Lipinski definition) is 1. The molecule has 2 aromatic carbocycles. The van der Waals surface area contributed by atoms with E-state index in [2.05, 4.69) is 54.0 Å². The van der Waals surface area contributed by atoms with E-state index in [0.717, 1.165) is 4.47 Å². The molecule has 0 bridgehead atoms. The standard InChI is InChI=1S/C15H16BrNS/c1-10-6-7-12(8-11(10)2)18-15-5-3-4-14(16)13(15)9-17/h3-8H,9,17H2,1-2H3. The molecule has 0 amide bonds. The Morgan fingerprint density at radius 2 is 1.89 bits per heavy atom. The molecule has 0 spiro atoms. The van der Waals surface area contributed by atoms with Gasteiger partial charge in [0.1, 0.15) is 0 Å². The Morgan fingerprint density at radius 1 is 1.11 bits per heavy atom. The second-order valence-corrected chi connectivity index (χ2v) is 6.24. The van der Waals surface area contributed by atoms with Gasteiger partial charge in [0.05, 0.1) is 0 Å². The van der Waals surface area contributed by atoms with Crippen LogP contribution in [0.15, 0.2) is 50.7 Å². The number of halogens is 1. The predicted molar refractivity (Wildman–Crippen MR) is 82.1 cm³/mol. The van der Waals surface area contributed by atoms with Crippen LogP contribution in [0.5, 0.6) is 0 Å². The first-order chi connectivity index (χ1) is 8.61. The molecule has 18 heavy (non-hydrogen) atoms. The van der Waals surface area contributed by atoms with Crippen LogP contribution in [0, 0.1) is 13.8 Å². The Labute approximate surface area is 121 Å². The lowest BCUT2D eigenvalue weighted by Gasteiger charge is -2.10. The lowest BCUT2D eigenvalue weighted by Crippen LogP contribution is -1.99. The van der Waals surface area contributed by atoms with Gasteiger partial charge in [-0.15, -0.1) is 0 Å². The van der Waals surface area contributed by atoms with E-state index in [1.807, 2.05) is 12.1 Å². The van der Waals surface area contributed by atoms with Gasteiger partial charge >= 0.3 is 0 Å². The van der Waals surface area contributed by atoms with Gasteiger partial charge in [-0.1, -0.05) is 39.8 Å². The Morgan fingerprint density at radius 3 is 2.56 bits per heavy atom. The van der Waals surface area contributed by atoms with Crippen LogP contribution < -0.4 is 5.73 Å². The van der Waals surface area contributed by atoms with Crippen LogP contribution in [0.4, 0.5) is 0 Å². The number of nitrogens with two attached hydrogens (primary N) is 1. The van der Waals surface area contributed by atoms with E-state index in [-0.39, 0.29) is 0 Å². The molecule has 0 saturated heterocycles. The summed E-state index contributed by atoms with van der Waals surface area (Å²) in [5, 5.41) is 0. The van der Waals surface area contributed by atoms with Crippen LogP contribution in [-0.4, -0.2) is 0 Å². The SMILES string of the molecule is Cc1ccc(Sc2cccc(Br)c2CN)cc1C. The van der Waals surface area contributed by atoms with Gasteiger partial charge in [0, 0.05) is 20.8 Å². The zero-order valence-electron chi connectivity index (χ0n) is 10.5. The Kier molecular flexibility index (Phi) is 4.49. The van der Waals surface area contributed by atoms with Gasteiger partial charge in [-0.2, -0.15) is 0 Å². The fourth-order valence-corrected chi connectivity index (χ4v) is 3.49. The van der Waals surface area contributed by atoms with Crippen LogP contribution in [0.2, 0.25) is 0 Å². The summed E-state index contributed by atoms with van der Waals surface area (Å²) in [6.45, 7) is 4.83. The van der Waals surface area contributed by atoms with Crippen LogP contribution in [0.25, 0.3) is 0 Å². The van der Waals surface area contributed by atoms with Crippen molar-refractivity contribution in [3.63, 3.8) is 0 Å². The van der Waals surface area contributed by atoms with Crippen molar-refractivity contribution in [2.24, 2.45) is 5.73 Å². The molecule has 0 fully saturated rings. The first-order valence-electron chi connectivity index (χ1n) is 5.84. The molecule has 0 unspecified atom stereocenters. The quantitative estimate of drug-likeness (QED) is 0.888. The smallest absolute Gasteiger partial charge is 0.0231 e. The lowest BCUT2D eigenvalue weighted by atomic mass is 10.1. The molecule has 0 heterocycles. The topological polar surface area (TPSA) is 26.0 Å². The fourth-order valence-electron chi connectivity index (χ4n) is 1.74. The van der Waals surface area contributed by atoms with Gasteiger partial charge in [-0.3, -0.25) is 0 Å². The minimum atomic E-state index is 0.550. The molecular weight excluding hydrogens is 306 g/mol. The molecule has 0 aliphatic heterocycles. The van der Waals surface area contributed by atoms with E-state index in [4.69, 9.17) is 5.73 Å². The maximum atomic E-state index is 5.82. The van der Waals surface area contributed by atoms with E-state index in [0.29, 0.717) is 6.54 Å². The van der Waals surface area contributed by atoms with E-state index in [9.17, 15) is 0 Å². The van der Waals surface area contributed by atoms with Crippen molar-refractivity contribution in [1.82, 2.24) is 0 Å². The number of rotatable bonds is 3. The highest BCUT2D eigenvalue weighted by molar-refractivity contribution is 9.10. The Hall–Kier alpha value is -0.770. The largest absolute Gasteiger partial charge is 0.326 e. The summed E-state index contributed by atoms with van der Waals surface area (Å²) in [5.74, 6) is 0. The van der Waals surface area contributed by atoms with E-state index >= 15 is 0 Å². The van der Waals surface area contributed by atoms with E-state index in [1.54, 1.807) is 11.8 Å². The summed E-state index contributed by atoms with van der Waals surface area (Å²) < 4.78 is 1.08. The first kappa shape index (κ1) is 13.7. The summed E-state index contributed by atoms with van der Waals surface area (Å²) in [7, 11) is 0. The van der Waals surface area contributed by atoms with E-state index < -0.39 is 0 Å². The molecule has 2 aromatic rings. The Balaban J connectivity index is 2.34. The van der Waals surface area contributed by atoms with Crippen molar-refractivity contribution in [3.05, 3.63) is 57.6 Å². The van der Waals surface area contributed by atoms with Crippen LogP contribution in [0.1, 0.15) is 16.7 Å². The predicted octanol–water partition coefficient (Wildman–Crippen LogP) is 4.68. The third kappa shape index (κ3) is 2.97. The number of benzene rings is 2. The minimum Gasteiger partial charge on any atom is -0.326 e. The van der Waals surface area contributed by atoms with Crippen molar-refractivity contribution in [2.75, 3.05) is 0 Å². The average molecular weight is 322 g/mol. The molecule has 2 N–H and O–H groups in total. The first-order valence-corrected chi connectivity index (χ1v) is 7.45.